The predicted molar refractivity (Wildman–Crippen MR) is 80.7 cm³/mol. The second-order valence-corrected chi connectivity index (χ2v) is 6.38. The zero-order valence-corrected chi connectivity index (χ0v) is 12.8. The van der Waals surface area contributed by atoms with Crippen molar-refractivity contribution in [3.63, 3.8) is 0 Å². The van der Waals surface area contributed by atoms with E-state index in [1.807, 2.05) is 0 Å². The molecule has 0 spiro atoms. The van der Waals surface area contributed by atoms with Crippen LogP contribution in [-0.2, 0) is 13.1 Å². The first kappa shape index (κ1) is 14.1. The minimum absolute atomic E-state index is 0.758. The van der Waals surface area contributed by atoms with Gasteiger partial charge in [-0.3, -0.25) is 4.90 Å². The van der Waals surface area contributed by atoms with E-state index in [2.05, 4.69) is 35.2 Å². The third-order valence-electron chi connectivity index (χ3n) is 4.42. The number of furan rings is 1. The van der Waals surface area contributed by atoms with Gasteiger partial charge in [0.25, 0.3) is 0 Å². The molecular weight excluding hydrogens is 250 g/mol. The molecule has 0 bridgehead atoms. The number of nitrogens with zero attached hydrogens (tertiary/aromatic N) is 2. The summed E-state index contributed by atoms with van der Waals surface area (Å²) in [6.07, 6.45) is 3.93. The highest BCUT2D eigenvalue weighted by molar-refractivity contribution is 5.21. The summed E-state index contributed by atoms with van der Waals surface area (Å²) in [5.74, 6) is 2.21. The van der Waals surface area contributed by atoms with Crippen molar-refractivity contribution in [3.8, 4) is 0 Å². The largest absolute Gasteiger partial charge is 0.465 e. The normalized spacial score (nSPS) is 22.1. The minimum atomic E-state index is 0.758. The van der Waals surface area contributed by atoms with Crippen LogP contribution in [0.15, 0.2) is 10.5 Å². The molecule has 1 saturated heterocycles. The Morgan fingerprint density at radius 3 is 2.90 bits per heavy atom. The monoisotopic (exact) mass is 277 g/mol. The number of nitrogens with one attached hydrogen (secondary N) is 1. The molecule has 1 aromatic rings. The Bertz CT molecular complexity index is 439. The summed E-state index contributed by atoms with van der Waals surface area (Å²) in [7, 11) is 2.21. The van der Waals surface area contributed by atoms with E-state index in [0.29, 0.717) is 0 Å². The van der Waals surface area contributed by atoms with Crippen molar-refractivity contribution < 1.29 is 4.42 Å². The number of hydrogen-bond donors (Lipinski definition) is 1. The number of rotatable bonds is 5. The van der Waals surface area contributed by atoms with Gasteiger partial charge < -0.3 is 14.6 Å². The Labute approximate surface area is 122 Å². The van der Waals surface area contributed by atoms with E-state index in [0.717, 1.165) is 43.7 Å². The molecule has 0 atom stereocenters. The van der Waals surface area contributed by atoms with Crippen LogP contribution < -0.4 is 5.32 Å². The maximum absolute atomic E-state index is 5.94. The SMILES string of the molecule is Cc1oc(CN2CCCN(C)CC2)cc1CNC1CC1. The van der Waals surface area contributed by atoms with Crippen molar-refractivity contribution in [1.29, 1.82) is 0 Å². The van der Waals surface area contributed by atoms with Gasteiger partial charge in [-0.2, -0.15) is 0 Å². The van der Waals surface area contributed by atoms with Gasteiger partial charge in [0.05, 0.1) is 6.54 Å². The topological polar surface area (TPSA) is 31.7 Å². The summed E-state index contributed by atoms with van der Waals surface area (Å²) >= 11 is 0. The lowest BCUT2D eigenvalue weighted by molar-refractivity contribution is 0.247. The first-order chi connectivity index (χ1) is 9.70. The second-order valence-electron chi connectivity index (χ2n) is 6.38. The molecule has 0 aromatic carbocycles. The van der Waals surface area contributed by atoms with Gasteiger partial charge in [-0.25, -0.2) is 0 Å². The van der Waals surface area contributed by atoms with Crippen molar-refractivity contribution in [2.24, 2.45) is 0 Å². The highest BCUT2D eigenvalue weighted by atomic mass is 16.3. The van der Waals surface area contributed by atoms with Crippen LogP contribution in [0, 0.1) is 6.92 Å². The molecule has 0 radical (unpaired) electrons. The molecule has 20 heavy (non-hydrogen) atoms. The van der Waals surface area contributed by atoms with E-state index in [4.69, 9.17) is 4.42 Å². The van der Waals surface area contributed by atoms with Crippen LogP contribution in [0.1, 0.15) is 36.3 Å². The van der Waals surface area contributed by atoms with Crippen LogP contribution in [0.3, 0.4) is 0 Å². The Hall–Kier alpha value is -0.840. The van der Waals surface area contributed by atoms with Crippen molar-refractivity contribution in [3.05, 3.63) is 23.2 Å². The molecule has 4 nitrogen and oxygen atoms in total. The fourth-order valence-corrected chi connectivity index (χ4v) is 2.86. The summed E-state index contributed by atoms with van der Waals surface area (Å²) in [6.45, 7) is 8.70. The van der Waals surface area contributed by atoms with E-state index in [-0.39, 0.29) is 0 Å². The minimum Gasteiger partial charge on any atom is -0.465 e. The van der Waals surface area contributed by atoms with Crippen LogP contribution in [-0.4, -0.2) is 49.1 Å². The van der Waals surface area contributed by atoms with Gasteiger partial charge in [-0.05, 0) is 52.4 Å². The van der Waals surface area contributed by atoms with Gasteiger partial charge >= 0.3 is 0 Å². The van der Waals surface area contributed by atoms with Crippen molar-refractivity contribution >= 4 is 0 Å². The van der Waals surface area contributed by atoms with Crippen molar-refractivity contribution in [1.82, 2.24) is 15.1 Å². The van der Waals surface area contributed by atoms with E-state index in [1.54, 1.807) is 0 Å². The van der Waals surface area contributed by atoms with Gasteiger partial charge in [0.2, 0.25) is 0 Å². The molecule has 0 unspecified atom stereocenters. The van der Waals surface area contributed by atoms with Gasteiger partial charge in [-0.1, -0.05) is 0 Å². The molecule has 0 amide bonds. The Morgan fingerprint density at radius 1 is 1.25 bits per heavy atom. The Morgan fingerprint density at radius 2 is 2.10 bits per heavy atom. The van der Waals surface area contributed by atoms with Gasteiger partial charge in [0, 0.05) is 31.2 Å². The average Bonchev–Trinajstić information content (AvgIpc) is 3.19. The fraction of sp³-hybridized carbons (Fsp3) is 0.750. The Balaban J connectivity index is 1.54. The van der Waals surface area contributed by atoms with Crippen molar-refractivity contribution in [2.45, 2.75) is 45.3 Å². The molecule has 2 fully saturated rings. The van der Waals surface area contributed by atoms with Crippen LogP contribution in [0.4, 0.5) is 0 Å². The molecular formula is C16H27N3O. The maximum Gasteiger partial charge on any atom is 0.118 e. The first-order valence-electron chi connectivity index (χ1n) is 7.93. The molecule has 1 aromatic heterocycles. The summed E-state index contributed by atoms with van der Waals surface area (Å²) in [6, 6.07) is 3.01. The third-order valence-corrected chi connectivity index (χ3v) is 4.42. The van der Waals surface area contributed by atoms with E-state index in [1.165, 1.54) is 37.9 Å². The van der Waals surface area contributed by atoms with Crippen LogP contribution >= 0.6 is 0 Å². The number of likely N-dealkylation sites (N-methyl/N-ethyl adjacent to an activating group) is 1. The quantitative estimate of drug-likeness (QED) is 0.892. The third kappa shape index (κ3) is 3.84. The van der Waals surface area contributed by atoms with Crippen LogP contribution in [0.2, 0.25) is 0 Å². The summed E-state index contributed by atoms with van der Waals surface area (Å²) in [4.78, 5) is 4.93. The lowest BCUT2D eigenvalue weighted by atomic mass is 10.2. The molecule has 1 N–H and O–H groups in total. The van der Waals surface area contributed by atoms with E-state index >= 15 is 0 Å². The van der Waals surface area contributed by atoms with Crippen molar-refractivity contribution in [2.75, 3.05) is 33.2 Å². The highest BCUT2D eigenvalue weighted by Crippen LogP contribution is 2.21. The summed E-state index contributed by atoms with van der Waals surface area (Å²) < 4.78 is 5.94. The average molecular weight is 277 g/mol. The van der Waals surface area contributed by atoms with Gasteiger partial charge in [-0.15, -0.1) is 0 Å². The molecule has 112 valence electrons. The number of hydrogen-bond acceptors (Lipinski definition) is 4. The van der Waals surface area contributed by atoms with Gasteiger partial charge in [0.15, 0.2) is 0 Å². The van der Waals surface area contributed by atoms with Crippen LogP contribution in [0.5, 0.6) is 0 Å². The summed E-state index contributed by atoms with van der Waals surface area (Å²) in [5.41, 5.74) is 1.33. The molecule has 4 heteroatoms. The zero-order chi connectivity index (χ0) is 13.9. The molecule has 3 rings (SSSR count). The van der Waals surface area contributed by atoms with E-state index in [9.17, 15) is 0 Å². The molecule has 2 heterocycles. The maximum atomic E-state index is 5.94. The molecule has 2 aliphatic rings. The molecule has 1 aliphatic heterocycles. The lowest BCUT2D eigenvalue weighted by Gasteiger charge is -2.18. The highest BCUT2D eigenvalue weighted by Gasteiger charge is 2.21. The summed E-state index contributed by atoms with van der Waals surface area (Å²) in [5, 5.41) is 3.57. The molecule has 1 saturated carbocycles. The first-order valence-corrected chi connectivity index (χ1v) is 7.93. The lowest BCUT2D eigenvalue weighted by Crippen LogP contribution is -2.28. The fourth-order valence-electron chi connectivity index (χ4n) is 2.86. The van der Waals surface area contributed by atoms with Gasteiger partial charge in [0.1, 0.15) is 11.5 Å². The zero-order valence-electron chi connectivity index (χ0n) is 12.8. The standard InChI is InChI=1S/C16H27N3O/c1-13-14(11-17-15-4-5-15)10-16(20-13)12-19-7-3-6-18(2)8-9-19/h10,15,17H,3-9,11-12H2,1-2H3. The molecule has 1 aliphatic carbocycles. The Kier molecular flexibility index (Phi) is 4.44. The van der Waals surface area contributed by atoms with E-state index < -0.39 is 0 Å². The van der Waals surface area contributed by atoms with Crippen LogP contribution in [0.25, 0.3) is 0 Å². The second kappa shape index (κ2) is 6.29. The number of aryl methyl sites for hydroxylation is 1. The predicted octanol–water partition coefficient (Wildman–Crippen LogP) is 1.98. The smallest absolute Gasteiger partial charge is 0.118 e.